The van der Waals surface area contributed by atoms with Crippen molar-refractivity contribution in [3.05, 3.63) is 11.8 Å². The Labute approximate surface area is 96.8 Å². The third-order valence-corrected chi connectivity index (χ3v) is 3.26. The highest BCUT2D eigenvalue weighted by atomic mass is 15.3. The van der Waals surface area contributed by atoms with Gasteiger partial charge in [0.05, 0.1) is 5.69 Å². The number of nitrogen functional groups attached to an aromatic ring is 1. The van der Waals surface area contributed by atoms with E-state index in [1.54, 1.807) is 4.68 Å². The van der Waals surface area contributed by atoms with Crippen molar-refractivity contribution < 1.29 is 0 Å². The number of nitrogens with zero attached hydrogens (tertiary/aromatic N) is 4. The van der Waals surface area contributed by atoms with E-state index < -0.39 is 0 Å². The molecule has 1 fully saturated rings. The Kier molecular flexibility index (Phi) is 3.46. The van der Waals surface area contributed by atoms with Gasteiger partial charge >= 0.3 is 0 Å². The number of rotatable bonds is 3. The fourth-order valence-electron chi connectivity index (χ4n) is 2.11. The summed E-state index contributed by atoms with van der Waals surface area (Å²) in [4.78, 5) is 4.91. The van der Waals surface area contributed by atoms with Gasteiger partial charge in [-0.1, -0.05) is 6.92 Å². The Morgan fingerprint density at radius 3 is 2.38 bits per heavy atom. The van der Waals surface area contributed by atoms with Crippen LogP contribution in [0.5, 0.6) is 0 Å². The summed E-state index contributed by atoms with van der Waals surface area (Å²) in [6.45, 7) is 8.88. The van der Waals surface area contributed by atoms with Crippen molar-refractivity contribution in [2.24, 2.45) is 7.05 Å². The van der Waals surface area contributed by atoms with Crippen molar-refractivity contribution in [1.82, 2.24) is 19.6 Å². The summed E-state index contributed by atoms with van der Waals surface area (Å²) >= 11 is 0. The van der Waals surface area contributed by atoms with Crippen molar-refractivity contribution in [2.75, 3.05) is 38.5 Å². The first-order valence-electron chi connectivity index (χ1n) is 5.92. The summed E-state index contributed by atoms with van der Waals surface area (Å²) in [5.41, 5.74) is 6.84. The predicted octanol–water partition coefficient (Wildman–Crippen LogP) is 0.140. The second kappa shape index (κ2) is 4.84. The molecule has 0 bridgehead atoms. The molecular formula is C11H21N5. The highest BCUT2D eigenvalue weighted by Crippen LogP contribution is 2.09. The van der Waals surface area contributed by atoms with E-state index >= 15 is 0 Å². The maximum atomic E-state index is 5.76. The van der Waals surface area contributed by atoms with Gasteiger partial charge in [0.1, 0.15) is 5.82 Å². The zero-order valence-corrected chi connectivity index (χ0v) is 10.2. The largest absolute Gasteiger partial charge is 0.384 e. The summed E-state index contributed by atoms with van der Waals surface area (Å²) in [6, 6.07) is 1.96. The van der Waals surface area contributed by atoms with E-state index in [-0.39, 0.29) is 0 Å². The van der Waals surface area contributed by atoms with Crippen LogP contribution in [-0.4, -0.2) is 52.3 Å². The number of aryl methyl sites for hydroxylation is 1. The van der Waals surface area contributed by atoms with Crippen LogP contribution in [0.1, 0.15) is 12.6 Å². The van der Waals surface area contributed by atoms with Gasteiger partial charge in [0.2, 0.25) is 0 Å². The van der Waals surface area contributed by atoms with Crippen LogP contribution in [0.3, 0.4) is 0 Å². The molecule has 1 saturated heterocycles. The van der Waals surface area contributed by atoms with Gasteiger partial charge in [-0.05, 0) is 6.54 Å². The number of piperazine rings is 1. The smallest absolute Gasteiger partial charge is 0.121 e. The maximum absolute atomic E-state index is 5.76. The summed E-state index contributed by atoms with van der Waals surface area (Å²) in [7, 11) is 1.88. The molecule has 0 atom stereocenters. The highest BCUT2D eigenvalue weighted by Gasteiger charge is 2.16. The Balaban J connectivity index is 1.87. The van der Waals surface area contributed by atoms with Crippen molar-refractivity contribution in [1.29, 1.82) is 0 Å². The Morgan fingerprint density at radius 1 is 1.25 bits per heavy atom. The van der Waals surface area contributed by atoms with Crippen LogP contribution >= 0.6 is 0 Å². The van der Waals surface area contributed by atoms with Crippen LogP contribution in [0.15, 0.2) is 6.07 Å². The van der Waals surface area contributed by atoms with E-state index in [0.29, 0.717) is 0 Å². The molecule has 0 aromatic carbocycles. The van der Waals surface area contributed by atoms with Crippen molar-refractivity contribution >= 4 is 5.82 Å². The van der Waals surface area contributed by atoms with Gasteiger partial charge < -0.3 is 10.6 Å². The van der Waals surface area contributed by atoms with Crippen LogP contribution in [0, 0.1) is 0 Å². The van der Waals surface area contributed by atoms with Gasteiger partial charge in [-0.15, -0.1) is 0 Å². The topological polar surface area (TPSA) is 50.3 Å². The van der Waals surface area contributed by atoms with E-state index in [1.165, 1.54) is 13.1 Å². The molecule has 0 amide bonds. The first-order chi connectivity index (χ1) is 7.69. The number of hydrogen-bond acceptors (Lipinski definition) is 4. The van der Waals surface area contributed by atoms with E-state index in [2.05, 4.69) is 21.8 Å². The molecule has 0 radical (unpaired) electrons. The normalized spacial score (nSPS) is 19.1. The molecule has 0 saturated carbocycles. The molecule has 1 aliphatic rings. The van der Waals surface area contributed by atoms with E-state index in [9.17, 15) is 0 Å². The second-order valence-corrected chi connectivity index (χ2v) is 4.39. The van der Waals surface area contributed by atoms with Crippen molar-refractivity contribution in [3.63, 3.8) is 0 Å². The van der Waals surface area contributed by atoms with Gasteiger partial charge in [0.25, 0.3) is 0 Å². The van der Waals surface area contributed by atoms with Crippen LogP contribution in [0.4, 0.5) is 5.82 Å². The molecule has 90 valence electrons. The van der Waals surface area contributed by atoms with Crippen LogP contribution in [-0.2, 0) is 13.6 Å². The number of anilines is 1. The SMILES string of the molecule is CCN1CCN(Cc2cc(N)n(C)n2)CC1. The number of likely N-dealkylation sites (N-methyl/N-ethyl adjacent to an activating group) is 1. The van der Waals surface area contributed by atoms with Crippen molar-refractivity contribution in [2.45, 2.75) is 13.5 Å². The molecular weight excluding hydrogens is 202 g/mol. The number of hydrogen-bond donors (Lipinski definition) is 1. The minimum Gasteiger partial charge on any atom is -0.384 e. The second-order valence-electron chi connectivity index (χ2n) is 4.39. The quantitative estimate of drug-likeness (QED) is 0.792. The van der Waals surface area contributed by atoms with Gasteiger partial charge in [-0.2, -0.15) is 5.10 Å². The lowest BCUT2D eigenvalue weighted by atomic mass is 10.3. The molecule has 16 heavy (non-hydrogen) atoms. The van der Waals surface area contributed by atoms with Crippen molar-refractivity contribution in [3.8, 4) is 0 Å². The van der Waals surface area contributed by atoms with Gasteiger partial charge in [0.15, 0.2) is 0 Å². The summed E-state index contributed by atoms with van der Waals surface area (Å²) < 4.78 is 1.73. The maximum Gasteiger partial charge on any atom is 0.121 e. The first-order valence-corrected chi connectivity index (χ1v) is 5.92. The van der Waals surface area contributed by atoms with Crippen LogP contribution < -0.4 is 5.73 Å². The molecule has 2 heterocycles. The molecule has 5 nitrogen and oxygen atoms in total. The fourth-order valence-corrected chi connectivity index (χ4v) is 2.11. The third kappa shape index (κ3) is 2.54. The van der Waals surface area contributed by atoms with E-state index in [0.717, 1.165) is 37.7 Å². The minimum absolute atomic E-state index is 0.738. The van der Waals surface area contributed by atoms with Crippen LogP contribution in [0.2, 0.25) is 0 Å². The molecule has 5 heteroatoms. The van der Waals surface area contributed by atoms with Gasteiger partial charge in [0, 0.05) is 45.8 Å². The summed E-state index contributed by atoms with van der Waals surface area (Å²) in [5.74, 6) is 0.738. The zero-order chi connectivity index (χ0) is 11.5. The molecule has 2 rings (SSSR count). The lowest BCUT2D eigenvalue weighted by molar-refractivity contribution is 0.130. The molecule has 1 aromatic heterocycles. The lowest BCUT2D eigenvalue weighted by Gasteiger charge is -2.33. The molecule has 1 aliphatic heterocycles. The minimum atomic E-state index is 0.738. The highest BCUT2D eigenvalue weighted by molar-refractivity contribution is 5.30. The molecule has 0 spiro atoms. The van der Waals surface area contributed by atoms with E-state index in [4.69, 9.17) is 5.73 Å². The average Bonchev–Trinajstić information content (AvgIpc) is 2.59. The lowest BCUT2D eigenvalue weighted by Crippen LogP contribution is -2.45. The molecule has 0 aliphatic carbocycles. The standard InChI is InChI=1S/C11H21N5/c1-3-15-4-6-16(7-5-15)9-10-8-11(12)14(2)13-10/h8H,3-7,9,12H2,1-2H3. The van der Waals surface area contributed by atoms with Gasteiger partial charge in [-0.25, -0.2) is 0 Å². The molecule has 2 N–H and O–H groups in total. The Hall–Kier alpha value is -1.07. The first kappa shape index (κ1) is 11.4. The Bertz CT molecular complexity index is 319. The van der Waals surface area contributed by atoms with Crippen LogP contribution in [0.25, 0.3) is 0 Å². The zero-order valence-electron chi connectivity index (χ0n) is 10.2. The third-order valence-electron chi connectivity index (χ3n) is 3.26. The number of nitrogens with two attached hydrogens (primary N) is 1. The predicted molar refractivity (Wildman–Crippen MR) is 65.0 cm³/mol. The average molecular weight is 223 g/mol. The van der Waals surface area contributed by atoms with E-state index in [1.807, 2.05) is 13.1 Å². The van der Waals surface area contributed by atoms with Gasteiger partial charge in [-0.3, -0.25) is 9.58 Å². The monoisotopic (exact) mass is 223 g/mol. The number of aromatic nitrogens is 2. The summed E-state index contributed by atoms with van der Waals surface area (Å²) in [6.07, 6.45) is 0. The molecule has 0 unspecified atom stereocenters. The molecule has 1 aromatic rings. The Morgan fingerprint density at radius 2 is 1.88 bits per heavy atom. The fraction of sp³-hybridized carbons (Fsp3) is 0.727. The summed E-state index contributed by atoms with van der Waals surface area (Å²) in [5, 5.41) is 4.38.